The lowest BCUT2D eigenvalue weighted by molar-refractivity contribution is 0.0279. The van der Waals surface area contributed by atoms with Crippen molar-refractivity contribution in [3.8, 4) is 11.5 Å². The molecule has 1 N–H and O–H groups in total. The van der Waals surface area contributed by atoms with Crippen molar-refractivity contribution in [1.29, 1.82) is 0 Å². The number of hydrogen-bond acceptors (Lipinski definition) is 9. The van der Waals surface area contributed by atoms with Crippen LogP contribution in [0.2, 0.25) is 0 Å². The van der Waals surface area contributed by atoms with Crippen LogP contribution in [0.3, 0.4) is 0 Å². The Morgan fingerprint density at radius 3 is 2.58 bits per heavy atom. The van der Waals surface area contributed by atoms with Gasteiger partial charge in [0.25, 0.3) is 0 Å². The van der Waals surface area contributed by atoms with Gasteiger partial charge in [-0.3, -0.25) is 4.90 Å². The number of ether oxygens (including phenoxy) is 2. The minimum atomic E-state index is -0.794. The van der Waals surface area contributed by atoms with Gasteiger partial charge in [-0.25, -0.2) is 9.97 Å². The Labute approximate surface area is 197 Å². The number of rotatable bonds is 11. The van der Waals surface area contributed by atoms with Crippen molar-refractivity contribution in [2.75, 3.05) is 84.9 Å². The summed E-state index contributed by atoms with van der Waals surface area (Å²) in [5.41, 5.74) is 0.316. The second-order valence-corrected chi connectivity index (χ2v) is 9.33. The second kappa shape index (κ2) is 11.0. The van der Waals surface area contributed by atoms with E-state index < -0.39 is 5.60 Å². The quantitative estimate of drug-likeness (QED) is 0.540. The molecule has 1 atom stereocenters. The molecule has 2 aromatic rings. The van der Waals surface area contributed by atoms with Crippen LogP contribution >= 0.6 is 0 Å². The maximum atomic E-state index is 11.3. The first-order valence-electron chi connectivity index (χ1n) is 11.3. The molecule has 0 bridgehead atoms. The predicted molar refractivity (Wildman–Crippen MR) is 132 cm³/mol. The molecule has 0 radical (unpaired) electrons. The molecule has 0 spiro atoms. The largest absolute Gasteiger partial charge is 0.493 e. The maximum Gasteiger partial charge on any atom is 0.161 e. The summed E-state index contributed by atoms with van der Waals surface area (Å²) in [6.45, 7) is 4.03. The number of aliphatic hydroxyl groups is 1. The zero-order valence-corrected chi connectivity index (χ0v) is 20.8. The van der Waals surface area contributed by atoms with Crippen LogP contribution in [0.25, 0.3) is 0 Å². The number of anilines is 2. The van der Waals surface area contributed by atoms with E-state index in [1.165, 1.54) is 0 Å². The van der Waals surface area contributed by atoms with Gasteiger partial charge in [-0.05, 0) is 45.3 Å². The van der Waals surface area contributed by atoms with Gasteiger partial charge >= 0.3 is 0 Å². The van der Waals surface area contributed by atoms with Gasteiger partial charge in [0.15, 0.2) is 11.5 Å². The molecule has 9 heteroatoms. The summed E-state index contributed by atoms with van der Waals surface area (Å²) in [4.78, 5) is 17.0. The number of likely N-dealkylation sites (N-methyl/N-ethyl adjacent to an activating group) is 2. The van der Waals surface area contributed by atoms with E-state index in [9.17, 15) is 5.11 Å². The highest BCUT2D eigenvalue weighted by Crippen LogP contribution is 2.30. The van der Waals surface area contributed by atoms with E-state index in [4.69, 9.17) is 9.47 Å². The Kier molecular flexibility index (Phi) is 8.34. The fourth-order valence-corrected chi connectivity index (χ4v) is 4.07. The molecule has 0 unspecified atom stereocenters. The van der Waals surface area contributed by atoms with E-state index in [0.29, 0.717) is 32.7 Å². The summed E-state index contributed by atoms with van der Waals surface area (Å²) in [6.07, 6.45) is 2.27. The number of aromatic nitrogens is 2. The van der Waals surface area contributed by atoms with Crippen molar-refractivity contribution < 1.29 is 14.6 Å². The van der Waals surface area contributed by atoms with Gasteiger partial charge in [0, 0.05) is 52.9 Å². The van der Waals surface area contributed by atoms with Crippen LogP contribution in [0, 0.1) is 0 Å². The molecule has 33 heavy (non-hydrogen) atoms. The van der Waals surface area contributed by atoms with E-state index >= 15 is 0 Å². The fraction of sp³-hybridized carbons (Fsp3) is 0.583. The summed E-state index contributed by atoms with van der Waals surface area (Å²) in [5.74, 6) is 3.18. The van der Waals surface area contributed by atoms with Gasteiger partial charge in [-0.1, -0.05) is 6.07 Å². The van der Waals surface area contributed by atoms with E-state index in [1.807, 2.05) is 58.3 Å². The van der Waals surface area contributed by atoms with E-state index in [-0.39, 0.29) is 0 Å². The SMILES string of the molecule is COc1cc(CN(C)C[C@@]2(O)CCN(c3cc(N(C)C)ncn3)C2)ccc1OCCN(C)C. The molecule has 182 valence electrons. The maximum absolute atomic E-state index is 11.3. The molecule has 1 aliphatic heterocycles. The average Bonchev–Trinajstić information content (AvgIpc) is 3.15. The summed E-state index contributed by atoms with van der Waals surface area (Å²) < 4.78 is 11.4. The lowest BCUT2D eigenvalue weighted by Gasteiger charge is -2.29. The van der Waals surface area contributed by atoms with Crippen LogP contribution in [0.15, 0.2) is 30.6 Å². The van der Waals surface area contributed by atoms with Gasteiger partial charge < -0.3 is 29.3 Å². The molecule has 1 aromatic carbocycles. The van der Waals surface area contributed by atoms with Gasteiger partial charge in [-0.2, -0.15) is 0 Å². The molecular formula is C24H38N6O3. The highest BCUT2D eigenvalue weighted by Gasteiger charge is 2.37. The zero-order chi connectivity index (χ0) is 24.0. The monoisotopic (exact) mass is 458 g/mol. The van der Waals surface area contributed by atoms with E-state index in [1.54, 1.807) is 13.4 Å². The first-order valence-corrected chi connectivity index (χ1v) is 11.3. The van der Waals surface area contributed by atoms with E-state index in [0.717, 1.165) is 41.8 Å². The zero-order valence-electron chi connectivity index (χ0n) is 20.8. The topological polar surface area (TPSA) is 77.4 Å². The van der Waals surface area contributed by atoms with Crippen LogP contribution in [0.5, 0.6) is 11.5 Å². The Morgan fingerprint density at radius 2 is 1.88 bits per heavy atom. The van der Waals surface area contributed by atoms with Crippen LogP contribution in [0.1, 0.15) is 12.0 Å². The third-order valence-electron chi connectivity index (χ3n) is 5.79. The average molecular weight is 459 g/mol. The molecule has 3 rings (SSSR count). The summed E-state index contributed by atoms with van der Waals surface area (Å²) in [7, 11) is 11.6. The molecule has 1 aromatic heterocycles. The minimum Gasteiger partial charge on any atom is -0.493 e. The Balaban J connectivity index is 1.58. The van der Waals surface area contributed by atoms with E-state index in [2.05, 4.69) is 30.7 Å². The number of methoxy groups -OCH3 is 1. The molecule has 0 aliphatic carbocycles. The summed E-state index contributed by atoms with van der Waals surface area (Å²) in [5, 5.41) is 11.3. The van der Waals surface area contributed by atoms with Crippen molar-refractivity contribution in [2.24, 2.45) is 0 Å². The molecule has 2 heterocycles. The van der Waals surface area contributed by atoms with Crippen molar-refractivity contribution in [2.45, 2.75) is 18.6 Å². The smallest absolute Gasteiger partial charge is 0.161 e. The van der Waals surface area contributed by atoms with Crippen molar-refractivity contribution in [3.63, 3.8) is 0 Å². The first kappa shape index (κ1) is 25.0. The van der Waals surface area contributed by atoms with Crippen LogP contribution in [0.4, 0.5) is 11.6 Å². The van der Waals surface area contributed by atoms with Crippen LogP contribution in [-0.4, -0.2) is 106 Å². The normalized spacial score (nSPS) is 18.3. The highest BCUT2D eigenvalue weighted by molar-refractivity contribution is 5.50. The third-order valence-corrected chi connectivity index (χ3v) is 5.79. The molecule has 0 amide bonds. The Morgan fingerprint density at radius 1 is 1.09 bits per heavy atom. The van der Waals surface area contributed by atoms with Gasteiger partial charge in [0.05, 0.1) is 12.7 Å². The predicted octanol–water partition coefficient (Wildman–Crippen LogP) is 1.56. The standard InChI is InChI=1S/C24H38N6O3/c1-27(2)11-12-33-20-8-7-19(13-21(20)32-6)15-29(5)16-24(31)9-10-30(17-24)23-14-22(28(3)4)25-18-26-23/h7-8,13-14,18,31H,9-12,15-17H2,1-6H3/t24-/m0/s1. The molecule has 1 fully saturated rings. The number of hydrogen-bond donors (Lipinski definition) is 1. The Hall–Kier alpha value is -2.62. The third kappa shape index (κ3) is 6.93. The highest BCUT2D eigenvalue weighted by atomic mass is 16.5. The Bertz CT molecular complexity index is 910. The first-order chi connectivity index (χ1) is 15.7. The number of β-amino-alcohol motifs (C(OH)–C–C–N with tert-alkyl or cyclic N) is 1. The number of nitrogens with zero attached hydrogens (tertiary/aromatic N) is 6. The van der Waals surface area contributed by atoms with Gasteiger partial charge in [0.2, 0.25) is 0 Å². The molecule has 1 aliphatic rings. The van der Waals surface area contributed by atoms with Crippen molar-refractivity contribution in [3.05, 3.63) is 36.2 Å². The lowest BCUT2D eigenvalue weighted by Crippen LogP contribution is -2.43. The summed E-state index contributed by atoms with van der Waals surface area (Å²) in [6, 6.07) is 7.99. The van der Waals surface area contributed by atoms with Gasteiger partial charge in [-0.15, -0.1) is 0 Å². The lowest BCUT2D eigenvalue weighted by atomic mass is 10.0. The fourth-order valence-electron chi connectivity index (χ4n) is 4.07. The summed E-state index contributed by atoms with van der Waals surface area (Å²) >= 11 is 0. The molecule has 0 saturated carbocycles. The van der Waals surface area contributed by atoms with Crippen LogP contribution < -0.4 is 19.3 Å². The molecule has 9 nitrogen and oxygen atoms in total. The molecular weight excluding hydrogens is 420 g/mol. The van der Waals surface area contributed by atoms with Gasteiger partial charge in [0.1, 0.15) is 24.6 Å². The minimum absolute atomic E-state index is 0.545. The van der Waals surface area contributed by atoms with Crippen LogP contribution in [-0.2, 0) is 6.54 Å². The van der Waals surface area contributed by atoms with Crippen molar-refractivity contribution >= 4 is 11.6 Å². The number of benzene rings is 1. The van der Waals surface area contributed by atoms with Crippen molar-refractivity contribution in [1.82, 2.24) is 19.8 Å². The molecule has 1 saturated heterocycles. The second-order valence-electron chi connectivity index (χ2n) is 9.33.